The third kappa shape index (κ3) is 2.65. The topological polar surface area (TPSA) is 247 Å². The second-order valence-electron chi connectivity index (χ2n) is 4.48. The second kappa shape index (κ2) is 5.27. The number of imidazole rings is 2. The van der Waals surface area contributed by atoms with E-state index in [4.69, 9.17) is 22.3 Å². The number of aromatic hydroxyl groups is 1. The predicted molar refractivity (Wildman–Crippen MR) is 83.9 cm³/mol. The van der Waals surface area contributed by atoms with E-state index < -0.39 is 11.1 Å². The van der Waals surface area contributed by atoms with Crippen molar-refractivity contribution in [1.29, 1.82) is 0 Å². The van der Waals surface area contributed by atoms with Crippen molar-refractivity contribution in [3.05, 3.63) is 20.7 Å². The van der Waals surface area contributed by atoms with Gasteiger partial charge in [-0.2, -0.15) is 15.0 Å². The number of anilines is 3. The first kappa shape index (κ1) is 14.8. The Bertz CT molecular complexity index is 1060. The Labute approximate surface area is 130 Å². The molecule has 4 aromatic heterocycles. The van der Waals surface area contributed by atoms with Crippen molar-refractivity contribution in [3.8, 4) is 6.01 Å². The molecule has 14 heteroatoms. The van der Waals surface area contributed by atoms with Gasteiger partial charge in [-0.15, -0.1) is 0 Å². The lowest BCUT2D eigenvalue weighted by Gasteiger charge is -1.89. The van der Waals surface area contributed by atoms with Gasteiger partial charge < -0.3 is 27.3 Å². The summed E-state index contributed by atoms with van der Waals surface area (Å²) in [6.07, 6.45) is 0. The number of H-pyrrole nitrogens is 4. The molecule has 0 amide bonds. The minimum Gasteiger partial charge on any atom is -0.480 e. The van der Waals surface area contributed by atoms with Crippen LogP contribution in [0.3, 0.4) is 0 Å². The average molecular weight is 333 g/mol. The summed E-state index contributed by atoms with van der Waals surface area (Å²) in [6.45, 7) is 0. The quantitative estimate of drug-likeness (QED) is 0.171. The van der Waals surface area contributed by atoms with E-state index >= 15 is 0 Å². The highest BCUT2D eigenvalue weighted by atomic mass is 16.3. The molecule has 0 saturated carbocycles. The van der Waals surface area contributed by atoms with Crippen LogP contribution in [0.25, 0.3) is 22.3 Å². The van der Waals surface area contributed by atoms with Crippen LogP contribution in [0.2, 0.25) is 0 Å². The molecule has 4 aromatic rings. The maximum absolute atomic E-state index is 11.1. The molecule has 0 unspecified atom stereocenters. The molecular formula is C10H11N11O3. The van der Waals surface area contributed by atoms with E-state index in [1.165, 1.54) is 0 Å². The highest BCUT2D eigenvalue weighted by molar-refractivity contribution is 5.72. The van der Waals surface area contributed by atoms with Crippen molar-refractivity contribution in [1.82, 2.24) is 39.9 Å². The number of aromatic nitrogens is 8. The van der Waals surface area contributed by atoms with Gasteiger partial charge in [0.25, 0.3) is 17.1 Å². The lowest BCUT2D eigenvalue weighted by molar-refractivity contribution is 0.438. The average Bonchev–Trinajstić information content (AvgIpc) is 3.01. The van der Waals surface area contributed by atoms with Crippen LogP contribution in [-0.2, 0) is 0 Å². The molecule has 0 aromatic carbocycles. The van der Waals surface area contributed by atoms with E-state index in [1.54, 1.807) is 0 Å². The largest absolute Gasteiger partial charge is 0.480 e. The van der Waals surface area contributed by atoms with E-state index in [0.717, 1.165) is 0 Å². The van der Waals surface area contributed by atoms with Gasteiger partial charge in [-0.05, 0) is 0 Å². The molecule has 14 nitrogen and oxygen atoms in total. The highest BCUT2D eigenvalue weighted by Crippen LogP contribution is 2.07. The Balaban J connectivity index is 0.000000141. The van der Waals surface area contributed by atoms with Gasteiger partial charge in [0.15, 0.2) is 28.3 Å². The molecule has 0 aliphatic heterocycles. The summed E-state index contributed by atoms with van der Waals surface area (Å²) >= 11 is 0. The van der Waals surface area contributed by atoms with Crippen LogP contribution >= 0.6 is 0 Å². The van der Waals surface area contributed by atoms with Gasteiger partial charge >= 0.3 is 0 Å². The summed E-state index contributed by atoms with van der Waals surface area (Å²) in [5.41, 5.74) is 15.6. The predicted octanol–water partition coefficient (Wildman–Crippen LogP) is -2.26. The SMILES string of the molecule is Nc1nc2[nH]c(N)nc2c(=O)[nH]1.Nc1nc2[nH]c(O)nc2c(=O)[nH]1. The number of aromatic amines is 4. The van der Waals surface area contributed by atoms with Gasteiger partial charge in [0.05, 0.1) is 0 Å². The third-order valence-electron chi connectivity index (χ3n) is 2.75. The zero-order valence-corrected chi connectivity index (χ0v) is 11.8. The second-order valence-corrected chi connectivity index (χ2v) is 4.48. The minimum absolute atomic E-state index is 0.0175. The molecular weight excluding hydrogens is 322 g/mol. The molecule has 4 heterocycles. The molecule has 11 N–H and O–H groups in total. The number of nitrogen functional groups attached to an aromatic ring is 3. The first-order valence-corrected chi connectivity index (χ1v) is 6.29. The van der Waals surface area contributed by atoms with Crippen molar-refractivity contribution < 1.29 is 5.11 Å². The molecule has 24 heavy (non-hydrogen) atoms. The van der Waals surface area contributed by atoms with Crippen molar-refractivity contribution in [2.24, 2.45) is 0 Å². The van der Waals surface area contributed by atoms with Gasteiger partial charge in [0.1, 0.15) is 0 Å². The van der Waals surface area contributed by atoms with Gasteiger partial charge in [0.2, 0.25) is 11.9 Å². The van der Waals surface area contributed by atoms with Gasteiger partial charge in [-0.3, -0.25) is 24.5 Å². The molecule has 0 aliphatic carbocycles. The van der Waals surface area contributed by atoms with E-state index in [0.29, 0.717) is 5.65 Å². The van der Waals surface area contributed by atoms with Gasteiger partial charge in [0, 0.05) is 0 Å². The standard InChI is InChI=1S/C5H6N6O.C5H5N5O2/c6-4-8-1-2(9-4)10-5(7)11-3(1)12;6-4-8-2-1(3(11)10-4)7-5(12)9-2/h(H6,6,7,8,9,10,11,12);(H5,6,7,8,9,10,11,12). The molecule has 0 aliphatic rings. The Hall–Kier alpha value is -4.10. The summed E-state index contributed by atoms with van der Waals surface area (Å²) in [6, 6.07) is -0.353. The van der Waals surface area contributed by atoms with Gasteiger partial charge in [-0.25, -0.2) is 4.98 Å². The van der Waals surface area contributed by atoms with Crippen molar-refractivity contribution in [2.75, 3.05) is 17.2 Å². The Morgan fingerprint density at radius 2 is 1.12 bits per heavy atom. The molecule has 0 bridgehead atoms. The summed E-state index contributed by atoms with van der Waals surface area (Å²) in [7, 11) is 0. The van der Waals surface area contributed by atoms with Gasteiger partial charge in [-0.1, -0.05) is 0 Å². The lowest BCUT2D eigenvalue weighted by atomic mass is 10.5. The maximum atomic E-state index is 11.1. The summed E-state index contributed by atoms with van der Waals surface area (Å²) < 4.78 is 0. The molecule has 0 radical (unpaired) electrons. The fourth-order valence-corrected chi connectivity index (χ4v) is 1.86. The molecule has 4 rings (SSSR count). The zero-order valence-electron chi connectivity index (χ0n) is 11.8. The monoisotopic (exact) mass is 333 g/mol. The molecule has 0 fully saturated rings. The Morgan fingerprint density at radius 1 is 0.667 bits per heavy atom. The third-order valence-corrected chi connectivity index (χ3v) is 2.75. The number of hydrogen-bond acceptors (Lipinski definition) is 10. The fourth-order valence-electron chi connectivity index (χ4n) is 1.86. The van der Waals surface area contributed by atoms with Crippen LogP contribution in [-0.4, -0.2) is 45.0 Å². The zero-order chi connectivity index (χ0) is 17.4. The summed E-state index contributed by atoms with van der Waals surface area (Å²) in [5, 5.41) is 8.87. The lowest BCUT2D eigenvalue weighted by Crippen LogP contribution is -2.10. The van der Waals surface area contributed by atoms with Crippen LogP contribution in [0.5, 0.6) is 6.01 Å². The number of rotatable bonds is 0. The van der Waals surface area contributed by atoms with Crippen LogP contribution in [0.4, 0.5) is 17.8 Å². The normalized spacial score (nSPS) is 10.7. The number of nitrogens with one attached hydrogen (secondary N) is 4. The number of fused-ring (bicyclic) bond motifs is 2. The fraction of sp³-hybridized carbons (Fsp3) is 0. The smallest absolute Gasteiger partial charge is 0.293 e. The van der Waals surface area contributed by atoms with Crippen molar-refractivity contribution in [3.63, 3.8) is 0 Å². The molecule has 124 valence electrons. The van der Waals surface area contributed by atoms with E-state index in [2.05, 4.69) is 39.9 Å². The number of nitrogens with zero attached hydrogens (tertiary/aromatic N) is 4. The Morgan fingerprint density at radius 3 is 1.71 bits per heavy atom. The van der Waals surface area contributed by atoms with Crippen LogP contribution in [0, 0.1) is 0 Å². The first-order chi connectivity index (χ1) is 11.3. The number of nitrogens with two attached hydrogens (primary N) is 3. The summed E-state index contributed by atoms with van der Waals surface area (Å²) in [5.74, 6) is 0.168. The van der Waals surface area contributed by atoms with Crippen LogP contribution in [0.1, 0.15) is 0 Å². The molecule has 0 spiro atoms. The molecule has 0 atom stereocenters. The summed E-state index contributed by atoms with van der Waals surface area (Å²) in [4.78, 5) is 46.3. The van der Waals surface area contributed by atoms with E-state index in [1.807, 2.05) is 0 Å². The maximum Gasteiger partial charge on any atom is 0.293 e. The minimum atomic E-state index is -0.478. The Kier molecular flexibility index (Phi) is 3.25. The number of hydrogen-bond donors (Lipinski definition) is 8. The first-order valence-electron chi connectivity index (χ1n) is 6.29. The van der Waals surface area contributed by atoms with Crippen LogP contribution in [0.15, 0.2) is 9.59 Å². The van der Waals surface area contributed by atoms with Crippen molar-refractivity contribution >= 4 is 40.2 Å². The van der Waals surface area contributed by atoms with E-state index in [-0.39, 0.29) is 40.5 Å². The highest BCUT2D eigenvalue weighted by Gasteiger charge is 2.07. The van der Waals surface area contributed by atoms with E-state index in [9.17, 15) is 9.59 Å². The molecule has 0 saturated heterocycles. The van der Waals surface area contributed by atoms with Crippen LogP contribution < -0.4 is 28.3 Å². The van der Waals surface area contributed by atoms with Crippen molar-refractivity contribution in [2.45, 2.75) is 0 Å².